The summed E-state index contributed by atoms with van der Waals surface area (Å²) in [5.74, 6) is 0.150. The summed E-state index contributed by atoms with van der Waals surface area (Å²) in [4.78, 5) is 40.5. The minimum atomic E-state index is -0.476. The molecule has 0 aliphatic heterocycles. The summed E-state index contributed by atoms with van der Waals surface area (Å²) in [5.41, 5.74) is 7.38. The average molecular weight is 625 g/mol. The van der Waals surface area contributed by atoms with E-state index in [1.165, 1.54) is 34.0 Å². The molecule has 0 heterocycles. The van der Waals surface area contributed by atoms with E-state index < -0.39 is 11.8 Å². The van der Waals surface area contributed by atoms with Gasteiger partial charge in [0.25, 0.3) is 11.8 Å². The molecule has 6 rings (SSSR count). The first-order chi connectivity index (χ1) is 22.5. The molecule has 1 aliphatic carbocycles. The lowest BCUT2D eigenvalue weighted by Gasteiger charge is -2.12. The van der Waals surface area contributed by atoms with Crippen LogP contribution in [0.2, 0.25) is 0 Å². The Hall–Kier alpha value is -5.40. The summed E-state index contributed by atoms with van der Waals surface area (Å²) in [6.45, 7) is 2.46. The van der Waals surface area contributed by atoms with Crippen LogP contribution in [-0.2, 0) is 11.2 Å². The Balaban J connectivity index is 1.14. The Morgan fingerprint density at radius 2 is 1.52 bits per heavy atom. The van der Waals surface area contributed by atoms with Crippen molar-refractivity contribution in [3.05, 3.63) is 155 Å². The molecule has 7 heteroatoms. The molecule has 0 fully saturated rings. The maximum absolute atomic E-state index is 13.5. The number of carbonyl (C=O) groups is 3. The van der Waals surface area contributed by atoms with Gasteiger partial charge in [0.05, 0.1) is 12.4 Å². The Morgan fingerprint density at radius 1 is 0.761 bits per heavy atom. The van der Waals surface area contributed by atoms with E-state index in [9.17, 15) is 14.4 Å². The van der Waals surface area contributed by atoms with Gasteiger partial charge in [0.2, 0.25) is 0 Å². The van der Waals surface area contributed by atoms with E-state index in [1.54, 1.807) is 36.4 Å². The number of ether oxygens (including phenoxy) is 1. The molecule has 1 aliphatic rings. The van der Waals surface area contributed by atoms with Gasteiger partial charge in [-0.05, 0) is 95.8 Å². The van der Waals surface area contributed by atoms with E-state index in [-0.39, 0.29) is 17.2 Å². The van der Waals surface area contributed by atoms with Gasteiger partial charge in [-0.15, -0.1) is 11.8 Å². The lowest BCUT2D eigenvalue weighted by Crippen LogP contribution is -2.30. The van der Waals surface area contributed by atoms with E-state index in [2.05, 4.69) is 22.8 Å². The molecule has 46 heavy (non-hydrogen) atoms. The Bertz CT molecular complexity index is 1930. The molecule has 0 aromatic heterocycles. The smallest absolute Gasteiger partial charge is 0.272 e. The fraction of sp³-hybridized carbons (Fsp3) is 0.103. The average Bonchev–Trinajstić information content (AvgIpc) is 3.46. The van der Waals surface area contributed by atoms with E-state index in [0.717, 1.165) is 16.9 Å². The van der Waals surface area contributed by atoms with Gasteiger partial charge in [0.1, 0.15) is 11.4 Å². The molecule has 5 aromatic carbocycles. The van der Waals surface area contributed by atoms with Gasteiger partial charge < -0.3 is 15.4 Å². The molecule has 228 valence electrons. The van der Waals surface area contributed by atoms with Crippen LogP contribution < -0.4 is 15.4 Å². The van der Waals surface area contributed by atoms with Crippen LogP contribution >= 0.6 is 11.8 Å². The summed E-state index contributed by atoms with van der Waals surface area (Å²) in [6.07, 6.45) is 2.46. The fourth-order valence-corrected chi connectivity index (χ4v) is 6.20. The first-order valence-electron chi connectivity index (χ1n) is 15.1. The van der Waals surface area contributed by atoms with E-state index in [0.29, 0.717) is 29.2 Å². The Kier molecular flexibility index (Phi) is 9.41. The van der Waals surface area contributed by atoms with Crippen molar-refractivity contribution in [2.45, 2.75) is 18.2 Å². The second-order valence-electron chi connectivity index (χ2n) is 10.8. The van der Waals surface area contributed by atoms with Gasteiger partial charge in [-0.25, -0.2) is 0 Å². The number of carbonyl (C=O) groups excluding carboxylic acids is 3. The number of benzene rings is 5. The first-order valence-corrected chi connectivity index (χ1v) is 16.0. The number of hydrogen-bond donors (Lipinski definition) is 2. The van der Waals surface area contributed by atoms with Crippen LogP contribution in [0.5, 0.6) is 5.75 Å². The molecule has 0 saturated heterocycles. The number of rotatable bonds is 11. The van der Waals surface area contributed by atoms with Crippen molar-refractivity contribution in [3.8, 4) is 16.9 Å². The van der Waals surface area contributed by atoms with Crippen molar-refractivity contribution in [2.24, 2.45) is 0 Å². The maximum Gasteiger partial charge on any atom is 0.272 e. The molecule has 0 radical (unpaired) electrons. The standard InChI is InChI=1S/C39H32N2O4S/c1-2-45-32-18-15-26(16-19-32)21-36(41-38(43)27-9-4-3-5-10-27)39(44)40-31-12-8-13-33(24-31)46-25-37(42)29-17-20-35-30(23-29)22-28-11-6-7-14-34(28)35/h3-21,23-24H,2,22,25H2,1H3,(H,40,44)(H,41,43)/b36-21-. The quantitative estimate of drug-likeness (QED) is 0.0866. The predicted molar refractivity (Wildman–Crippen MR) is 184 cm³/mol. The molecule has 0 atom stereocenters. The highest BCUT2D eigenvalue weighted by Gasteiger charge is 2.20. The van der Waals surface area contributed by atoms with Crippen molar-refractivity contribution in [3.63, 3.8) is 0 Å². The Labute approximate surface area is 272 Å². The second kappa shape index (κ2) is 14.1. The SMILES string of the molecule is CCOc1ccc(/C=C(\NC(=O)c2ccccc2)C(=O)Nc2cccc(SCC(=O)c3ccc4c(c3)Cc3ccccc3-4)c2)cc1. The summed E-state index contributed by atoms with van der Waals surface area (Å²) in [6, 6.07) is 37.6. The maximum atomic E-state index is 13.5. The highest BCUT2D eigenvalue weighted by molar-refractivity contribution is 8.00. The van der Waals surface area contributed by atoms with E-state index in [4.69, 9.17) is 4.74 Å². The van der Waals surface area contributed by atoms with Gasteiger partial charge in [-0.2, -0.15) is 0 Å². The molecule has 0 spiro atoms. The van der Waals surface area contributed by atoms with Crippen LogP contribution in [0.15, 0.2) is 132 Å². The third kappa shape index (κ3) is 7.28. The van der Waals surface area contributed by atoms with Gasteiger partial charge in [0, 0.05) is 21.7 Å². The van der Waals surface area contributed by atoms with Crippen LogP contribution in [-0.4, -0.2) is 30.0 Å². The van der Waals surface area contributed by atoms with Gasteiger partial charge in [-0.1, -0.05) is 72.8 Å². The van der Waals surface area contributed by atoms with Crippen LogP contribution in [0, 0.1) is 0 Å². The number of hydrogen-bond acceptors (Lipinski definition) is 5. The van der Waals surface area contributed by atoms with Crippen LogP contribution in [0.1, 0.15) is 44.3 Å². The van der Waals surface area contributed by atoms with Gasteiger partial charge >= 0.3 is 0 Å². The number of nitrogens with one attached hydrogen (secondary N) is 2. The number of thioether (sulfide) groups is 1. The monoisotopic (exact) mass is 624 g/mol. The molecule has 0 bridgehead atoms. The topological polar surface area (TPSA) is 84.5 Å². The largest absolute Gasteiger partial charge is 0.494 e. The number of anilines is 1. The van der Waals surface area contributed by atoms with Crippen molar-refractivity contribution in [2.75, 3.05) is 17.7 Å². The summed E-state index contributed by atoms with van der Waals surface area (Å²) < 4.78 is 5.52. The summed E-state index contributed by atoms with van der Waals surface area (Å²) in [5, 5.41) is 5.67. The third-order valence-corrected chi connectivity index (χ3v) is 8.60. The van der Waals surface area contributed by atoms with Crippen molar-refractivity contribution < 1.29 is 19.1 Å². The zero-order valence-electron chi connectivity index (χ0n) is 25.3. The molecule has 0 saturated carbocycles. The molecular weight excluding hydrogens is 593 g/mol. The Morgan fingerprint density at radius 3 is 2.33 bits per heavy atom. The molecular formula is C39H32N2O4S. The van der Waals surface area contributed by atoms with Crippen LogP contribution in [0.4, 0.5) is 5.69 Å². The first kappa shape index (κ1) is 30.6. The zero-order chi connectivity index (χ0) is 31.9. The fourth-order valence-electron chi connectivity index (χ4n) is 5.35. The third-order valence-electron chi connectivity index (χ3n) is 7.61. The number of ketones is 1. The number of Topliss-reactive ketones (excluding diaryl/α,β-unsaturated/α-hetero) is 1. The van der Waals surface area contributed by atoms with Crippen molar-refractivity contribution in [1.82, 2.24) is 5.32 Å². The van der Waals surface area contributed by atoms with Crippen molar-refractivity contribution >= 4 is 41.1 Å². The molecule has 5 aromatic rings. The molecule has 2 amide bonds. The number of amides is 2. The highest BCUT2D eigenvalue weighted by atomic mass is 32.2. The molecule has 0 unspecified atom stereocenters. The molecule has 2 N–H and O–H groups in total. The van der Waals surface area contributed by atoms with Crippen LogP contribution in [0.3, 0.4) is 0 Å². The van der Waals surface area contributed by atoms with E-state index >= 15 is 0 Å². The highest BCUT2D eigenvalue weighted by Crippen LogP contribution is 2.37. The van der Waals surface area contributed by atoms with E-state index in [1.807, 2.05) is 85.8 Å². The normalized spacial score (nSPS) is 11.7. The zero-order valence-corrected chi connectivity index (χ0v) is 26.1. The van der Waals surface area contributed by atoms with Crippen LogP contribution in [0.25, 0.3) is 17.2 Å². The lowest BCUT2D eigenvalue weighted by molar-refractivity contribution is -0.113. The predicted octanol–water partition coefficient (Wildman–Crippen LogP) is 8.04. The summed E-state index contributed by atoms with van der Waals surface area (Å²) in [7, 11) is 0. The van der Waals surface area contributed by atoms with Gasteiger partial charge in [-0.3, -0.25) is 14.4 Å². The molecule has 6 nitrogen and oxygen atoms in total. The second-order valence-corrected chi connectivity index (χ2v) is 11.8. The minimum absolute atomic E-state index is 0.0439. The van der Waals surface area contributed by atoms with Gasteiger partial charge in [0.15, 0.2) is 5.78 Å². The summed E-state index contributed by atoms with van der Waals surface area (Å²) >= 11 is 1.41. The lowest BCUT2D eigenvalue weighted by atomic mass is 10.0. The van der Waals surface area contributed by atoms with Crippen molar-refractivity contribution in [1.29, 1.82) is 0 Å². The minimum Gasteiger partial charge on any atom is -0.494 e. The number of fused-ring (bicyclic) bond motifs is 3.